The van der Waals surface area contributed by atoms with Gasteiger partial charge in [0.15, 0.2) is 0 Å². The SMILES string of the molecule is O=c1[nH]c(C2Cc3ccccc32)nc(C2CC2)c1Br. The number of nitrogens with zero attached hydrogens (tertiary/aromatic N) is 1. The molecule has 2 aliphatic rings. The van der Waals surface area contributed by atoms with Crippen LogP contribution in [0.1, 0.15) is 47.3 Å². The Morgan fingerprint density at radius 1 is 1.26 bits per heavy atom. The first-order valence-corrected chi connectivity index (χ1v) is 7.40. The molecule has 1 aromatic carbocycles. The third-order valence-electron chi connectivity index (χ3n) is 4.06. The van der Waals surface area contributed by atoms with Gasteiger partial charge in [0, 0.05) is 11.8 Å². The molecule has 1 fully saturated rings. The normalized spacial score (nSPS) is 20.8. The Kier molecular flexibility index (Phi) is 2.42. The Morgan fingerprint density at radius 3 is 2.79 bits per heavy atom. The van der Waals surface area contributed by atoms with Crippen molar-refractivity contribution in [2.75, 3.05) is 0 Å². The second-order valence-electron chi connectivity index (χ2n) is 5.38. The maximum Gasteiger partial charge on any atom is 0.265 e. The molecule has 1 atom stereocenters. The number of halogens is 1. The van der Waals surface area contributed by atoms with Crippen molar-refractivity contribution in [2.45, 2.75) is 31.1 Å². The largest absolute Gasteiger partial charge is 0.309 e. The van der Waals surface area contributed by atoms with Gasteiger partial charge < -0.3 is 4.98 Å². The van der Waals surface area contributed by atoms with E-state index in [-0.39, 0.29) is 11.5 Å². The molecule has 0 radical (unpaired) electrons. The Labute approximate surface area is 119 Å². The zero-order valence-electron chi connectivity index (χ0n) is 10.3. The predicted molar refractivity (Wildman–Crippen MR) is 76.5 cm³/mol. The van der Waals surface area contributed by atoms with Gasteiger partial charge in [-0.1, -0.05) is 24.3 Å². The number of nitrogens with one attached hydrogen (secondary N) is 1. The Balaban J connectivity index is 1.79. The molecule has 1 aromatic heterocycles. The lowest BCUT2D eigenvalue weighted by atomic mass is 9.77. The summed E-state index contributed by atoms with van der Waals surface area (Å²) < 4.78 is 0.617. The molecule has 1 N–H and O–H groups in total. The molecule has 1 unspecified atom stereocenters. The van der Waals surface area contributed by atoms with Crippen molar-refractivity contribution in [3.8, 4) is 0 Å². The fourth-order valence-electron chi connectivity index (χ4n) is 2.79. The summed E-state index contributed by atoms with van der Waals surface area (Å²) in [6, 6.07) is 8.37. The van der Waals surface area contributed by atoms with Gasteiger partial charge in [0.25, 0.3) is 5.56 Å². The van der Waals surface area contributed by atoms with Gasteiger partial charge in [-0.15, -0.1) is 0 Å². The van der Waals surface area contributed by atoms with E-state index in [4.69, 9.17) is 4.98 Å². The fourth-order valence-corrected chi connectivity index (χ4v) is 3.30. The van der Waals surface area contributed by atoms with Crippen molar-refractivity contribution in [3.05, 3.63) is 61.7 Å². The minimum absolute atomic E-state index is 0.0451. The number of aromatic amines is 1. The lowest BCUT2D eigenvalue weighted by Gasteiger charge is -2.29. The Bertz CT molecular complexity index is 718. The summed E-state index contributed by atoms with van der Waals surface area (Å²) in [6.45, 7) is 0. The first-order chi connectivity index (χ1) is 9.24. The lowest BCUT2D eigenvalue weighted by molar-refractivity contribution is 0.647. The maximum atomic E-state index is 12.0. The van der Waals surface area contributed by atoms with Gasteiger partial charge in [-0.05, 0) is 46.3 Å². The second-order valence-corrected chi connectivity index (χ2v) is 6.17. The van der Waals surface area contributed by atoms with Crippen LogP contribution in [-0.2, 0) is 6.42 Å². The molecule has 96 valence electrons. The number of fused-ring (bicyclic) bond motifs is 1. The predicted octanol–water partition coefficient (Wildman–Crippen LogP) is 3.10. The summed E-state index contributed by atoms with van der Waals surface area (Å²) in [5.74, 6) is 1.56. The van der Waals surface area contributed by atoms with E-state index < -0.39 is 0 Å². The maximum absolute atomic E-state index is 12.0. The highest BCUT2D eigenvalue weighted by Gasteiger charge is 2.33. The van der Waals surface area contributed by atoms with E-state index in [0.29, 0.717) is 10.4 Å². The monoisotopic (exact) mass is 316 g/mol. The molecule has 3 nitrogen and oxygen atoms in total. The van der Waals surface area contributed by atoms with Crippen LogP contribution in [0, 0.1) is 0 Å². The molecule has 0 bridgehead atoms. The highest BCUT2D eigenvalue weighted by Crippen LogP contribution is 2.43. The number of aromatic nitrogens is 2. The van der Waals surface area contributed by atoms with Crippen LogP contribution < -0.4 is 5.56 Å². The standard InChI is InChI=1S/C15H13BrN2O/c16-12-13(8-5-6-8)17-14(18-15(12)19)11-7-9-3-1-2-4-10(9)11/h1-4,8,11H,5-7H2,(H,17,18,19). The highest BCUT2D eigenvalue weighted by atomic mass is 79.9. The molecule has 0 saturated heterocycles. The van der Waals surface area contributed by atoms with Crippen LogP contribution >= 0.6 is 15.9 Å². The van der Waals surface area contributed by atoms with Gasteiger partial charge >= 0.3 is 0 Å². The molecule has 4 heteroatoms. The van der Waals surface area contributed by atoms with E-state index in [0.717, 1.165) is 30.8 Å². The molecule has 0 amide bonds. The van der Waals surface area contributed by atoms with E-state index in [1.54, 1.807) is 0 Å². The van der Waals surface area contributed by atoms with E-state index in [1.807, 2.05) is 6.07 Å². The van der Waals surface area contributed by atoms with Gasteiger partial charge in [-0.2, -0.15) is 0 Å². The Hall–Kier alpha value is -1.42. The van der Waals surface area contributed by atoms with E-state index in [2.05, 4.69) is 39.1 Å². The van der Waals surface area contributed by atoms with Crippen LogP contribution in [0.25, 0.3) is 0 Å². The van der Waals surface area contributed by atoms with Gasteiger partial charge in [0.1, 0.15) is 10.3 Å². The van der Waals surface area contributed by atoms with Gasteiger partial charge in [-0.25, -0.2) is 4.98 Å². The molecule has 1 saturated carbocycles. The van der Waals surface area contributed by atoms with Crippen molar-refractivity contribution < 1.29 is 0 Å². The molecule has 0 aliphatic heterocycles. The average Bonchev–Trinajstić information content (AvgIpc) is 3.19. The number of hydrogen-bond donors (Lipinski definition) is 1. The minimum atomic E-state index is -0.0451. The van der Waals surface area contributed by atoms with Gasteiger partial charge in [-0.3, -0.25) is 4.79 Å². The zero-order chi connectivity index (χ0) is 13.0. The summed E-state index contributed by atoms with van der Waals surface area (Å²) in [5, 5.41) is 0. The second kappa shape index (κ2) is 4.04. The third kappa shape index (κ3) is 1.77. The van der Waals surface area contributed by atoms with Gasteiger partial charge in [0.2, 0.25) is 0 Å². The first kappa shape index (κ1) is 11.4. The fraction of sp³-hybridized carbons (Fsp3) is 0.333. The van der Waals surface area contributed by atoms with Crippen LogP contribution in [0.5, 0.6) is 0 Å². The van der Waals surface area contributed by atoms with Crippen molar-refractivity contribution in [1.82, 2.24) is 9.97 Å². The van der Waals surface area contributed by atoms with E-state index >= 15 is 0 Å². The molecular weight excluding hydrogens is 304 g/mol. The molecule has 2 aromatic rings. The van der Waals surface area contributed by atoms with E-state index in [9.17, 15) is 4.79 Å². The first-order valence-electron chi connectivity index (χ1n) is 6.61. The van der Waals surface area contributed by atoms with E-state index in [1.165, 1.54) is 11.1 Å². The summed E-state index contributed by atoms with van der Waals surface area (Å²) in [7, 11) is 0. The molecule has 1 heterocycles. The number of rotatable bonds is 2. The van der Waals surface area contributed by atoms with Crippen LogP contribution in [0.2, 0.25) is 0 Å². The summed E-state index contributed by atoms with van der Waals surface area (Å²) in [5.41, 5.74) is 3.57. The smallest absolute Gasteiger partial charge is 0.265 e. The summed E-state index contributed by atoms with van der Waals surface area (Å²) >= 11 is 3.37. The number of benzene rings is 1. The van der Waals surface area contributed by atoms with Crippen LogP contribution in [0.3, 0.4) is 0 Å². The summed E-state index contributed by atoms with van der Waals surface area (Å²) in [6.07, 6.45) is 3.27. The van der Waals surface area contributed by atoms with Gasteiger partial charge in [0.05, 0.1) is 5.69 Å². The molecule has 0 spiro atoms. The van der Waals surface area contributed by atoms with Crippen LogP contribution in [0.4, 0.5) is 0 Å². The molecule has 4 rings (SSSR count). The zero-order valence-corrected chi connectivity index (χ0v) is 11.9. The highest BCUT2D eigenvalue weighted by molar-refractivity contribution is 9.10. The lowest BCUT2D eigenvalue weighted by Crippen LogP contribution is -2.25. The van der Waals surface area contributed by atoms with Crippen molar-refractivity contribution in [1.29, 1.82) is 0 Å². The van der Waals surface area contributed by atoms with Crippen molar-refractivity contribution in [3.63, 3.8) is 0 Å². The van der Waals surface area contributed by atoms with Crippen LogP contribution in [0.15, 0.2) is 33.5 Å². The quantitative estimate of drug-likeness (QED) is 0.925. The van der Waals surface area contributed by atoms with Crippen molar-refractivity contribution in [2.24, 2.45) is 0 Å². The number of H-pyrrole nitrogens is 1. The molecule has 2 aliphatic carbocycles. The minimum Gasteiger partial charge on any atom is -0.309 e. The topological polar surface area (TPSA) is 45.8 Å². The van der Waals surface area contributed by atoms with Crippen molar-refractivity contribution >= 4 is 15.9 Å². The molecular formula is C15H13BrN2O. The third-order valence-corrected chi connectivity index (χ3v) is 4.82. The van der Waals surface area contributed by atoms with Crippen LogP contribution in [-0.4, -0.2) is 9.97 Å². The Morgan fingerprint density at radius 2 is 2.05 bits per heavy atom. The number of hydrogen-bond acceptors (Lipinski definition) is 2. The molecule has 19 heavy (non-hydrogen) atoms. The summed E-state index contributed by atoms with van der Waals surface area (Å²) in [4.78, 5) is 19.6. The average molecular weight is 317 g/mol.